The number of carbonyl (C=O) groups is 3. The largest absolute Gasteiger partial charge is 0.444 e. The molecule has 0 aromatic heterocycles. The van der Waals surface area contributed by atoms with Crippen molar-refractivity contribution in [2.24, 2.45) is 5.92 Å². The minimum atomic E-state index is -0.994. The minimum Gasteiger partial charge on any atom is -0.444 e. The summed E-state index contributed by atoms with van der Waals surface area (Å²) in [4.78, 5) is 42.4. The lowest BCUT2D eigenvalue weighted by atomic mass is 9.96. The van der Waals surface area contributed by atoms with Gasteiger partial charge in [0.15, 0.2) is 0 Å². The maximum atomic E-state index is 14.2. The Morgan fingerprint density at radius 2 is 1.70 bits per heavy atom. The molecule has 8 heteroatoms. The molecule has 0 aliphatic heterocycles. The fourth-order valence-electron chi connectivity index (χ4n) is 4.30. The van der Waals surface area contributed by atoms with E-state index in [1.165, 1.54) is 0 Å². The van der Waals surface area contributed by atoms with E-state index in [2.05, 4.69) is 43.7 Å². The van der Waals surface area contributed by atoms with Gasteiger partial charge < -0.3 is 20.3 Å². The van der Waals surface area contributed by atoms with Crippen LogP contribution in [0.25, 0.3) is 6.08 Å². The molecule has 0 fully saturated rings. The lowest BCUT2D eigenvalue weighted by Gasteiger charge is -2.38. The first-order valence-electron chi connectivity index (χ1n) is 13.8. The second-order valence-corrected chi connectivity index (χ2v) is 11.8. The summed E-state index contributed by atoms with van der Waals surface area (Å²) in [6, 6.07) is 14.8. The van der Waals surface area contributed by atoms with E-state index in [0.29, 0.717) is 24.4 Å². The van der Waals surface area contributed by atoms with Crippen LogP contribution in [0, 0.1) is 5.92 Å². The molecule has 3 atom stereocenters. The van der Waals surface area contributed by atoms with Gasteiger partial charge in [-0.3, -0.25) is 9.59 Å². The van der Waals surface area contributed by atoms with Crippen molar-refractivity contribution >= 4 is 36.6 Å². The van der Waals surface area contributed by atoms with Crippen molar-refractivity contribution in [1.29, 1.82) is 0 Å². The number of thiol groups is 1. The number of rotatable bonds is 13. The van der Waals surface area contributed by atoms with Crippen molar-refractivity contribution in [3.05, 3.63) is 77.9 Å². The minimum absolute atomic E-state index is 0.0382. The number of carbonyl (C=O) groups excluding carboxylic acids is 3. The average molecular weight is 568 g/mol. The van der Waals surface area contributed by atoms with Gasteiger partial charge in [-0.25, -0.2) is 4.79 Å². The maximum Gasteiger partial charge on any atom is 0.408 e. The second-order valence-electron chi connectivity index (χ2n) is 11.4. The molecule has 0 radical (unpaired) electrons. The Morgan fingerprint density at radius 3 is 2.27 bits per heavy atom. The van der Waals surface area contributed by atoms with Crippen LogP contribution in [0.5, 0.6) is 0 Å². The van der Waals surface area contributed by atoms with Crippen LogP contribution in [-0.2, 0) is 20.9 Å². The van der Waals surface area contributed by atoms with Crippen LogP contribution in [0.1, 0.15) is 77.1 Å². The Kier molecular flexibility index (Phi) is 12.8. The standard InChI is InChI=1S/C32H45N3O4S/c1-8-24-15-12-16-26(19-24)28(29(36)33-20-25-13-10-9-11-14-25)35(23(4)18-17-22(2)3)30(37)27(21-40)34-31(38)39-32(5,6)7/h8-16,19,22-23,27-28,40H,1,17-18,20-21H2,2-7H3,(H,33,36)(H,34,38). The molecule has 2 aromatic carbocycles. The van der Waals surface area contributed by atoms with Crippen LogP contribution in [0.2, 0.25) is 0 Å². The predicted molar refractivity (Wildman–Crippen MR) is 165 cm³/mol. The molecule has 7 nitrogen and oxygen atoms in total. The highest BCUT2D eigenvalue weighted by Crippen LogP contribution is 2.28. The van der Waals surface area contributed by atoms with Gasteiger partial charge in [-0.05, 0) is 69.2 Å². The van der Waals surface area contributed by atoms with E-state index in [1.807, 2.05) is 61.5 Å². The number of ether oxygens (including phenoxy) is 1. The average Bonchev–Trinajstić information content (AvgIpc) is 2.91. The van der Waals surface area contributed by atoms with Crippen molar-refractivity contribution in [2.75, 3.05) is 5.75 Å². The molecule has 2 aromatic rings. The number of benzene rings is 2. The molecule has 0 saturated heterocycles. The molecular formula is C32H45N3O4S. The molecule has 218 valence electrons. The number of hydrogen-bond acceptors (Lipinski definition) is 5. The smallest absolute Gasteiger partial charge is 0.408 e. The molecule has 0 spiro atoms. The SMILES string of the molecule is C=Cc1cccc(C(C(=O)NCc2ccccc2)N(C(=O)C(CS)NC(=O)OC(C)(C)C)C(C)CCC(C)C)c1. The Morgan fingerprint density at radius 1 is 1.02 bits per heavy atom. The summed E-state index contributed by atoms with van der Waals surface area (Å²) in [6.45, 7) is 15.6. The van der Waals surface area contributed by atoms with Crippen molar-refractivity contribution in [2.45, 2.75) is 84.7 Å². The zero-order chi connectivity index (χ0) is 29.9. The van der Waals surface area contributed by atoms with E-state index >= 15 is 0 Å². The van der Waals surface area contributed by atoms with Gasteiger partial charge in [0.25, 0.3) is 0 Å². The third kappa shape index (κ3) is 10.4. The quantitative estimate of drug-likeness (QED) is 0.253. The highest BCUT2D eigenvalue weighted by atomic mass is 32.1. The van der Waals surface area contributed by atoms with E-state index in [1.54, 1.807) is 31.7 Å². The van der Waals surface area contributed by atoms with E-state index in [-0.39, 0.29) is 17.7 Å². The van der Waals surface area contributed by atoms with Crippen LogP contribution in [0.15, 0.2) is 61.2 Å². The van der Waals surface area contributed by atoms with Gasteiger partial charge in [-0.1, -0.05) is 75.0 Å². The maximum absolute atomic E-state index is 14.2. The molecule has 40 heavy (non-hydrogen) atoms. The number of hydrogen-bond donors (Lipinski definition) is 3. The molecule has 3 amide bonds. The zero-order valence-electron chi connectivity index (χ0n) is 24.6. The lowest BCUT2D eigenvalue weighted by Crippen LogP contribution is -2.56. The van der Waals surface area contributed by atoms with Gasteiger partial charge >= 0.3 is 6.09 Å². The summed E-state index contributed by atoms with van der Waals surface area (Å²) in [6.07, 6.45) is 2.53. The first-order chi connectivity index (χ1) is 18.9. The molecular weight excluding hydrogens is 522 g/mol. The summed E-state index contributed by atoms with van der Waals surface area (Å²) in [7, 11) is 0. The molecule has 0 heterocycles. The van der Waals surface area contributed by atoms with E-state index < -0.39 is 29.7 Å². The first-order valence-corrected chi connectivity index (χ1v) is 14.5. The van der Waals surface area contributed by atoms with Crippen molar-refractivity contribution in [3.8, 4) is 0 Å². The highest BCUT2D eigenvalue weighted by molar-refractivity contribution is 7.80. The summed E-state index contributed by atoms with van der Waals surface area (Å²) < 4.78 is 5.40. The third-order valence-electron chi connectivity index (χ3n) is 6.36. The van der Waals surface area contributed by atoms with Crippen LogP contribution >= 0.6 is 12.6 Å². The molecule has 0 bridgehead atoms. The second kappa shape index (κ2) is 15.5. The molecule has 0 aliphatic carbocycles. The predicted octanol–water partition coefficient (Wildman–Crippen LogP) is 6.16. The summed E-state index contributed by atoms with van der Waals surface area (Å²) in [5.74, 6) is -0.267. The topological polar surface area (TPSA) is 87.7 Å². The Labute approximate surface area is 245 Å². The van der Waals surface area contributed by atoms with E-state index in [0.717, 1.165) is 17.5 Å². The van der Waals surface area contributed by atoms with Crippen LogP contribution in [-0.4, -0.2) is 46.2 Å². The van der Waals surface area contributed by atoms with Gasteiger partial charge in [0.2, 0.25) is 11.8 Å². The summed E-state index contributed by atoms with van der Waals surface area (Å²) in [5.41, 5.74) is 1.70. The molecule has 2 rings (SSSR count). The fourth-order valence-corrected chi connectivity index (χ4v) is 4.55. The van der Waals surface area contributed by atoms with Gasteiger partial charge in [-0.2, -0.15) is 12.6 Å². The number of nitrogens with zero attached hydrogens (tertiary/aromatic N) is 1. The summed E-state index contributed by atoms with van der Waals surface area (Å²) in [5, 5.41) is 5.70. The van der Waals surface area contributed by atoms with E-state index in [4.69, 9.17) is 4.74 Å². The molecule has 0 saturated carbocycles. The van der Waals surface area contributed by atoms with E-state index in [9.17, 15) is 14.4 Å². The van der Waals surface area contributed by atoms with Crippen molar-refractivity contribution in [3.63, 3.8) is 0 Å². The van der Waals surface area contributed by atoms with Crippen LogP contribution < -0.4 is 10.6 Å². The van der Waals surface area contributed by atoms with Gasteiger partial charge in [0.05, 0.1) is 0 Å². The number of alkyl carbamates (subject to hydrolysis) is 1. The molecule has 3 unspecified atom stereocenters. The third-order valence-corrected chi connectivity index (χ3v) is 6.73. The fraction of sp³-hybridized carbons (Fsp3) is 0.469. The Hall–Kier alpha value is -3.26. The van der Waals surface area contributed by atoms with Crippen molar-refractivity contribution < 1.29 is 19.1 Å². The molecule has 2 N–H and O–H groups in total. The van der Waals surface area contributed by atoms with Crippen LogP contribution in [0.3, 0.4) is 0 Å². The number of amides is 3. The highest BCUT2D eigenvalue weighted by Gasteiger charge is 2.38. The molecule has 0 aliphatic rings. The lowest BCUT2D eigenvalue weighted by molar-refractivity contribution is -0.144. The summed E-state index contributed by atoms with van der Waals surface area (Å²) >= 11 is 4.39. The zero-order valence-corrected chi connectivity index (χ0v) is 25.5. The first kappa shape index (κ1) is 32.9. The van der Waals surface area contributed by atoms with Gasteiger partial charge in [-0.15, -0.1) is 0 Å². The normalized spacial score (nSPS) is 13.6. The van der Waals surface area contributed by atoms with Crippen LogP contribution in [0.4, 0.5) is 4.79 Å². The van der Waals surface area contributed by atoms with Gasteiger partial charge in [0.1, 0.15) is 17.7 Å². The monoisotopic (exact) mass is 567 g/mol. The van der Waals surface area contributed by atoms with Crippen molar-refractivity contribution in [1.82, 2.24) is 15.5 Å². The number of nitrogens with one attached hydrogen (secondary N) is 2. The Bertz CT molecular complexity index is 1130. The Balaban J connectivity index is 2.53. The van der Waals surface area contributed by atoms with Gasteiger partial charge in [0, 0.05) is 18.3 Å².